The van der Waals surface area contributed by atoms with Gasteiger partial charge in [0, 0.05) is 6.61 Å². The molecule has 1 fully saturated rings. The molecule has 0 radical (unpaired) electrons. The number of ether oxygens (including phenoxy) is 1. The molecule has 0 bridgehead atoms. The van der Waals surface area contributed by atoms with Crippen molar-refractivity contribution in [2.24, 2.45) is 0 Å². The van der Waals surface area contributed by atoms with E-state index < -0.39 is 35.7 Å². The van der Waals surface area contributed by atoms with E-state index in [4.69, 9.17) is 9.84 Å². The molecule has 0 spiro atoms. The molecule has 1 amide bonds. The van der Waals surface area contributed by atoms with Crippen molar-refractivity contribution in [3.8, 4) is 0 Å². The lowest BCUT2D eigenvalue weighted by molar-refractivity contribution is 0.0694. The normalized spacial score (nSPS) is 19.3. The fourth-order valence-electron chi connectivity index (χ4n) is 2.91. The lowest BCUT2D eigenvalue weighted by Crippen LogP contribution is -2.37. The number of aromatic carboxylic acids is 1. The van der Waals surface area contributed by atoms with Crippen molar-refractivity contribution in [2.45, 2.75) is 25.5 Å². The van der Waals surface area contributed by atoms with Crippen LogP contribution in [0.3, 0.4) is 0 Å². The summed E-state index contributed by atoms with van der Waals surface area (Å²) < 4.78 is 32.1. The highest BCUT2D eigenvalue weighted by atomic mass is 19.2. The van der Waals surface area contributed by atoms with Crippen LogP contribution in [0.5, 0.6) is 0 Å². The van der Waals surface area contributed by atoms with Gasteiger partial charge < -0.3 is 15.2 Å². The Hall–Kier alpha value is -2.87. The smallest absolute Gasteiger partial charge is 0.337 e. The molecule has 1 aliphatic heterocycles. The first-order valence-corrected chi connectivity index (χ1v) is 7.95. The molecule has 2 heterocycles. The van der Waals surface area contributed by atoms with E-state index in [9.17, 15) is 18.4 Å². The van der Waals surface area contributed by atoms with Crippen LogP contribution in [0.1, 0.15) is 44.6 Å². The summed E-state index contributed by atoms with van der Waals surface area (Å²) in [5.41, 5.74) is 0.746. The standard InChI is InChI=1S/C18H16F2N2O4/c1-9-11(18(24)25)3-5-15(21-9)17(23)22-14-6-7-26-16(14)10-2-4-12(19)13(20)8-10/h2-5,8,14,16H,6-7H2,1H3,(H,22,23)(H,24,25). The number of hydrogen-bond donors (Lipinski definition) is 2. The van der Waals surface area contributed by atoms with Gasteiger partial charge in [-0.05, 0) is 43.2 Å². The molecule has 2 atom stereocenters. The number of nitrogens with zero attached hydrogens (tertiary/aromatic N) is 1. The van der Waals surface area contributed by atoms with Gasteiger partial charge in [-0.2, -0.15) is 0 Å². The van der Waals surface area contributed by atoms with Gasteiger partial charge in [-0.1, -0.05) is 6.07 Å². The van der Waals surface area contributed by atoms with Crippen LogP contribution in [0.4, 0.5) is 8.78 Å². The number of aryl methyl sites for hydroxylation is 1. The van der Waals surface area contributed by atoms with Crippen LogP contribution in [0.15, 0.2) is 30.3 Å². The number of rotatable bonds is 4. The third-order valence-corrected chi connectivity index (χ3v) is 4.23. The van der Waals surface area contributed by atoms with Crippen LogP contribution in [0, 0.1) is 18.6 Å². The van der Waals surface area contributed by atoms with E-state index in [1.54, 1.807) is 0 Å². The van der Waals surface area contributed by atoms with Crippen molar-refractivity contribution in [3.63, 3.8) is 0 Å². The second-order valence-corrected chi connectivity index (χ2v) is 5.97. The average molecular weight is 362 g/mol. The number of halogens is 2. The van der Waals surface area contributed by atoms with Gasteiger partial charge >= 0.3 is 5.97 Å². The molecule has 1 aliphatic rings. The summed E-state index contributed by atoms with van der Waals surface area (Å²) in [7, 11) is 0. The van der Waals surface area contributed by atoms with Crippen LogP contribution >= 0.6 is 0 Å². The van der Waals surface area contributed by atoms with E-state index in [0.29, 0.717) is 18.6 Å². The second-order valence-electron chi connectivity index (χ2n) is 5.97. The van der Waals surface area contributed by atoms with Gasteiger partial charge in [0.2, 0.25) is 0 Å². The number of carbonyl (C=O) groups excluding carboxylic acids is 1. The lowest BCUT2D eigenvalue weighted by atomic mass is 10.0. The zero-order valence-corrected chi connectivity index (χ0v) is 13.8. The highest BCUT2D eigenvalue weighted by Gasteiger charge is 2.32. The zero-order chi connectivity index (χ0) is 18.8. The number of benzene rings is 1. The summed E-state index contributed by atoms with van der Waals surface area (Å²) >= 11 is 0. The quantitative estimate of drug-likeness (QED) is 0.873. The minimum absolute atomic E-state index is 0.0189. The Bertz CT molecular complexity index is 872. The third kappa shape index (κ3) is 3.55. The Labute approximate surface area is 147 Å². The molecule has 1 saturated heterocycles. The van der Waals surface area contributed by atoms with Crippen LogP contribution in [0.2, 0.25) is 0 Å². The van der Waals surface area contributed by atoms with E-state index in [1.807, 2.05) is 0 Å². The lowest BCUT2D eigenvalue weighted by Gasteiger charge is -2.20. The van der Waals surface area contributed by atoms with Gasteiger partial charge in [0.1, 0.15) is 11.8 Å². The molecular weight excluding hydrogens is 346 g/mol. The van der Waals surface area contributed by atoms with E-state index in [-0.39, 0.29) is 17.0 Å². The number of nitrogens with one attached hydrogen (secondary N) is 1. The summed E-state index contributed by atoms with van der Waals surface area (Å²) in [4.78, 5) is 27.5. The summed E-state index contributed by atoms with van der Waals surface area (Å²) in [6, 6.07) is 5.69. The number of aromatic nitrogens is 1. The number of carboxylic acid groups (broad SMARTS) is 1. The van der Waals surface area contributed by atoms with Crippen molar-refractivity contribution >= 4 is 11.9 Å². The highest BCUT2D eigenvalue weighted by molar-refractivity contribution is 5.94. The molecule has 3 rings (SSSR count). The van der Waals surface area contributed by atoms with Gasteiger partial charge in [-0.3, -0.25) is 4.79 Å². The molecule has 26 heavy (non-hydrogen) atoms. The molecule has 1 aromatic heterocycles. The topological polar surface area (TPSA) is 88.5 Å². The van der Waals surface area contributed by atoms with Gasteiger partial charge in [-0.15, -0.1) is 0 Å². The summed E-state index contributed by atoms with van der Waals surface area (Å²) in [5.74, 6) is -3.55. The molecule has 8 heteroatoms. The van der Waals surface area contributed by atoms with Gasteiger partial charge in [0.15, 0.2) is 11.6 Å². The Kier molecular flexibility index (Phi) is 4.94. The first kappa shape index (κ1) is 17.9. The van der Waals surface area contributed by atoms with Gasteiger partial charge in [0.05, 0.1) is 17.3 Å². The summed E-state index contributed by atoms with van der Waals surface area (Å²) in [6.45, 7) is 1.86. The third-order valence-electron chi connectivity index (χ3n) is 4.23. The average Bonchev–Trinajstić information content (AvgIpc) is 3.05. The Morgan fingerprint density at radius 3 is 2.65 bits per heavy atom. The summed E-state index contributed by atoms with van der Waals surface area (Å²) in [5, 5.41) is 11.8. The molecule has 2 N–H and O–H groups in total. The van der Waals surface area contributed by atoms with Crippen LogP contribution in [-0.4, -0.2) is 34.6 Å². The maximum atomic E-state index is 13.5. The Morgan fingerprint density at radius 2 is 2.00 bits per heavy atom. The predicted octanol–water partition coefficient (Wildman–Crippen LogP) is 2.63. The maximum Gasteiger partial charge on any atom is 0.337 e. The molecule has 1 aromatic carbocycles. The van der Waals surface area contributed by atoms with Crippen molar-refractivity contribution in [1.82, 2.24) is 10.3 Å². The first-order chi connectivity index (χ1) is 12.4. The van der Waals surface area contributed by atoms with E-state index in [1.165, 1.54) is 25.1 Å². The molecular formula is C18H16F2N2O4. The molecule has 0 saturated carbocycles. The molecule has 2 unspecified atom stereocenters. The van der Waals surface area contributed by atoms with Crippen molar-refractivity contribution in [3.05, 3.63) is 64.5 Å². The minimum atomic E-state index is -1.12. The first-order valence-electron chi connectivity index (χ1n) is 7.95. The molecule has 136 valence electrons. The molecule has 6 nitrogen and oxygen atoms in total. The van der Waals surface area contributed by atoms with Crippen molar-refractivity contribution < 1.29 is 28.2 Å². The minimum Gasteiger partial charge on any atom is -0.478 e. The fourth-order valence-corrected chi connectivity index (χ4v) is 2.91. The largest absolute Gasteiger partial charge is 0.478 e. The van der Waals surface area contributed by atoms with Crippen LogP contribution in [0.25, 0.3) is 0 Å². The SMILES string of the molecule is Cc1nc(C(=O)NC2CCOC2c2ccc(F)c(F)c2)ccc1C(=O)O. The number of carboxylic acids is 1. The Balaban J connectivity index is 1.76. The monoisotopic (exact) mass is 362 g/mol. The zero-order valence-electron chi connectivity index (χ0n) is 13.8. The number of hydrogen-bond acceptors (Lipinski definition) is 4. The maximum absolute atomic E-state index is 13.5. The van der Waals surface area contributed by atoms with E-state index in [2.05, 4.69) is 10.3 Å². The van der Waals surface area contributed by atoms with Crippen LogP contribution in [-0.2, 0) is 4.74 Å². The van der Waals surface area contributed by atoms with Gasteiger partial charge in [0.25, 0.3) is 5.91 Å². The van der Waals surface area contributed by atoms with E-state index >= 15 is 0 Å². The Morgan fingerprint density at radius 1 is 1.23 bits per heavy atom. The number of carbonyl (C=O) groups is 2. The molecule has 0 aliphatic carbocycles. The fraction of sp³-hybridized carbons (Fsp3) is 0.278. The predicted molar refractivity (Wildman–Crippen MR) is 86.9 cm³/mol. The van der Waals surface area contributed by atoms with Crippen LogP contribution < -0.4 is 5.32 Å². The molecule has 2 aromatic rings. The second kappa shape index (κ2) is 7.17. The van der Waals surface area contributed by atoms with Crippen molar-refractivity contribution in [1.29, 1.82) is 0 Å². The highest BCUT2D eigenvalue weighted by Crippen LogP contribution is 2.30. The summed E-state index contributed by atoms with van der Waals surface area (Å²) in [6.07, 6.45) is -0.102. The van der Waals surface area contributed by atoms with E-state index in [0.717, 1.165) is 12.1 Å². The number of pyridine rings is 1. The van der Waals surface area contributed by atoms with Crippen molar-refractivity contribution in [2.75, 3.05) is 6.61 Å². The van der Waals surface area contributed by atoms with Gasteiger partial charge in [-0.25, -0.2) is 18.6 Å². The number of amides is 1.